The zero-order valence-corrected chi connectivity index (χ0v) is 11.1. The molecule has 1 aliphatic carbocycles. The van der Waals surface area contributed by atoms with Crippen molar-refractivity contribution in [3.63, 3.8) is 0 Å². The number of hydrogen-bond donors (Lipinski definition) is 1. The van der Waals surface area contributed by atoms with Gasteiger partial charge in [-0.2, -0.15) is 0 Å². The van der Waals surface area contributed by atoms with Gasteiger partial charge < -0.3 is 9.84 Å². The fraction of sp³-hybridized carbons (Fsp3) is 0.235. The number of para-hydroxylation sites is 1. The van der Waals surface area contributed by atoms with Crippen LogP contribution in [0.25, 0.3) is 0 Å². The van der Waals surface area contributed by atoms with E-state index < -0.39 is 5.97 Å². The van der Waals surface area contributed by atoms with Crippen LogP contribution in [-0.2, 0) is 12.8 Å². The van der Waals surface area contributed by atoms with Crippen LogP contribution in [0.5, 0.6) is 5.75 Å². The molecule has 0 spiro atoms. The standard InChI is InChI=1S/C17H16O3/c18-17(19)14-7-6-13-11-16(9-8-12(13)10-14)20-15-4-2-1-3-5-15/h1-7,10,16H,8-9,11H2,(H,18,19). The minimum Gasteiger partial charge on any atom is -0.490 e. The van der Waals surface area contributed by atoms with Crippen LogP contribution >= 0.6 is 0 Å². The Morgan fingerprint density at radius 3 is 2.65 bits per heavy atom. The molecule has 3 rings (SSSR count). The van der Waals surface area contributed by atoms with Crippen molar-refractivity contribution in [2.75, 3.05) is 0 Å². The minimum atomic E-state index is -0.865. The van der Waals surface area contributed by atoms with Crippen molar-refractivity contribution in [3.05, 3.63) is 65.2 Å². The minimum absolute atomic E-state index is 0.167. The number of benzene rings is 2. The lowest BCUT2D eigenvalue weighted by Crippen LogP contribution is -2.25. The smallest absolute Gasteiger partial charge is 0.335 e. The van der Waals surface area contributed by atoms with Gasteiger partial charge in [0, 0.05) is 6.42 Å². The summed E-state index contributed by atoms with van der Waals surface area (Å²) in [4.78, 5) is 11.0. The van der Waals surface area contributed by atoms with E-state index in [9.17, 15) is 4.79 Å². The Morgan fingerprint density at radius 1 is 1.10 bits per heavy atom. The number of hydrogen-bond acceptors (Lipinski definition) is 2. The average Bonchev–Trinajstić information content (AvgIpc) is 2.47. The summed E-state index contributed by atoms with van der Waals surface area (Å²) in [6.45, 7) is 0. The van der Waals surface area contributed by atoms with Crippen molar-refractivity contribution >= 4 is 5.97 Å². The molecule has 1 N–H and O–H groups in total. The Hall–Kier alpha value is -2.29. The fourth-order valence-electron chi connectivity index (χ4n) is 2.65. The molecular formula is C17H16O3. The van der Waals surface area contributed by atoms with Crippen LogP contribution in [0.3, 0.4) is 0 Å². The van der Waals surface area contributed by atoms with Crippen LogP contribution in [0.15, 0.2) is 48.5 Å². The molecule has 2 aromatic carbocycles. The monoisotopic (exact) mass is 268 g/mol. The highest BCUT2D eigenvalue weighted by atomic mass is 16.5. The maximum atomic E-state index is 11.0. The van der Waals surface area contributed by atoms with E-state index in [0.717, 1.165) is 30.6 Å². The first-order valence-electron chi connectivity index (χ1n) is 6.79. The molecule has 0 aromatic heterocycles. The van der Waals surface area contributed by atoms with Crippen molar-refractivity contribution in [1.29, 1.82) is 0 Å². The molecular weight excluding hydrogens is 252 g/mol. The second-order valence-corrected chi connectivity index (χ2v) is 5.08. The molecule has 20 heavy (non-hydrogen) atoms. The lowest BCUT2D eigenvalue weighted by Gasteiger charge is -2.25. The van der Waals surface area contributed by atoms with Crippen molar-refractivity contribution < 1.29 is 14.6 Å². The van der Waals surface area contributed by atoms with E-state index in [4.69, 9.17) is 9.84 Å². The van der Waals surface area contributed by atoms with Crippen molar-refractivity contribution in [3.8, 4) is 5.75 Å². The zero-order chi connectivity index (χ0) is 13.9. The lowest BCUT2D eigenvalue weighted by atomic mass is 9.88. The van der Waals surface area contributed by atoms with Crippen molar-refractivity contribution in [2.45, 2.75) is 25.4 Å². The summed E-state index contributed by atoms with van der Waals surface area (Å²) < 4.78 is 5.97. The first-order valence-corrected chi connectivity index (χ1v) is 6.79. The number of aryl methyl sites for hydroxylation is 1. The predicted octanol–water partition coefficient (Wildman–Crippen LogP) is 3.32. The Morgan fingerprint density at radius 2 is 1.90 bits per heavy atom. The number of ether oxygens (including phenoxy) is 1. The third-order valence-electron chi connectivity index (χ3n) is 3.68. The zero-order valence-electron chi connectivity index (χ0n) is 11.1. The number of carboxylic acids is 1. The third kappa shape index (κ3) is 2.67. The summed E-state index contributed by atoms with van der Waals surface area (Å²) in [6, 6.07) is 15.2. The van der Waals surface area contributed by atoms with E-state index in [1.807, 2.05) is 36.4 Å². The molecule has 0 fully saturated rings. The van der Waals surface area contributed by atoms with E-state index in [1.165, 1.54) is 5.56 Å². The van der Waals surface area contributed by atoms with E-state index in [0.29, 0.717) is 5.56 Å². The van der Waals surface area contributed by atoms with E-state index in [1.54, 1.807) is 12.1 Å². The van der Waals surface area contributed by atoms with Gasteiger partial charge >= 0.3 is 5.97 Å². The van der Waals surface area contributed by atoms with Crippen LogP contribution in [0.4, 0.5) is 0 Å². The van der Waals surface area contributed by atoms with Crippen LogP contribution in [0.2, 0.25) is 0 Å². The van der Waals surface area contributed by atoms with Crippen LogP contribution < -0.4 is 4.74 Å². The number of fused-ring (bicyclic) bond motifs is 1. The number of carboxylic acid groups (broad SMARTS) is 1. The first kappa shape index (κ1) is 12.7. The van der Waals surface area contributed by atoms with Gasteiger partial charge in [0.05, 0.1) is 5.56 Å². The Labute approximate surface area is 117 Å². The molecule has 0 saturated carbocycles. The maximum absolute atomic E-state index is 11.0. The molecule has 1 unspecified atom stereocenters. The highest BCUT2D eigenvalue weighted by Gasteiger charge is 2.21. The molecule has 0 bridgehead atoms. The SMILES string of the molecule is O=C(O)c1ccc2c(c1)CCC(Oc1ccccc1)C2. The highest BCUT2D eigenvalue weighted by molar-refractivity contribution is 5.87. The quantitative estimate of drug-likeness (QED) is 0.928. The van der Waals surface area contributed by atoms with Gasteiger partial charge in [-0.3, -0.25) is 0 Å². The lowest BCUT2D eigenvalue weighted by molar-refractivity contribution is 0.0696. The van der Waals surface area contributed by atoms with Crippen molar-refractivity contribution in [1.82, 2.24) is 0 Å². The van der Waals surface area contributed by atoms with E-state index in [2.05, 4.69) is 0 Å². The van der Waals surface area contributed by atoms with Gasteiger partial charge in [0.2, 0.25) is 0 Å². The third-order valence-corrected chi connectivity index (χ3v) is 3.68. The summed E-state index contributed by atoms with van der Waals surface area (Å²) in [7, 11) is 0. The Kier molecular flexibility index (Phi) is 3.42. The van der Waals surface area contributed by atoms with Crippen LogP contribution in [0.1, 0.15) is 27.9 Å². The summed E-state index contributed by atoms with van der Waals surface area (Å²) in [5, 5.41) is 9.01. The molecule has 3 nitrogen and oxygen atoms in total. The molecule has 0 amide bonds. The number of carbonyl (C=O) groups is 1. The Bertz CT molecular complexity index is 619. The molecule has 1 aliphatic rings. The second-order valence-electron chi connectivity index (χ2n) is 5.08. The van der Waals surface area contributed by atoms with Gasteiger partial charge in [-0.25, -0.2) is 4.79 Å². The summed E-state index contributed by atoms with van der Waals surface area (Å²) in [5.41, 5.74) is 2.70. The number of rotatable bonds is 3. The fourth-order valence-corrected chi connectivity index (χ4v) is 2.65. The van der Waals surface area contributed by atoms with Gasteiger partial charge in [-0.15, -0.1) is 0 Å². The topological polar surface area (TPSA) is 46.5 Å². The molecule has 0 saturated heterocycles. The Balaban J connectivity index is 1.74. The summed E-state index contributed by atoms with van der Waals surface area (Å²) in [5.74, 6) is 0.0264. The molecule has 0 radical (unpaired) electrons. The molecule has 0 heterocycles. The van der Waals surface area contributed by atoms with Crippen LogP contribution in [-0.4, -0.2) is 17.2 Å². The number of aromatic carboxylic acids is 1. The van der Waals surface area contributed by atoms with Gasteiger partial charge in [-0.05, 0) is 48.2 Å². The predicted molar refractivity (Wildman–Crippen MR) is 76.3 cm³/mol. The average molecular weight is 268 g/mol. The van der Waals surface area contributed by atoms with Gasteiger partial charge in [-0.1, -0.05) is 24.3 Å². The van der Waals surface area contributed by atoms with Crippen molar-refractivity contribution in [2.24, 2.45) is 0 Å². The van der Waals surface area contributed by atoms with Gasteiger partial charge in [0.15, 0.2) is 0 Å². The van der Waals surface area contributed by atoms with E-state index in [-0.39, 0.29) is 6.10 Å². The molecule has 3 heteroatoms. The summed E-state index contributed by atoms with van der Waals surface area (Å²) >= 11 is 0. The van der Waals surface area contributed by atoms with E-state index >= 15 is 0 Å². The first-order chi connectivity index (χ1) is 9.72. The summed E-state index contributed by atoms with van der Waals surface area (Å²) in [6.07, 6.45) is 2.80. The molecule has 2 aromatic rings. The second kappa shape index (κ2) is 5.37. The normalized spacial score (nSPS) is 17.3. The largest absolute Gasteiger partial charge is 0.490 e. The molecule has 102 valence electrons. The molecule has 0 aliphatic heterocycles. The van der Waals surface area contributed by atoms with Gasteiger partial charge in [0.1, 0.15) is 11.9 Å². The highest BCUT2D eigenvalue weighted by Crippen LogP contribution is 2.25. The molecule has 1 atom stereocenters. The van der Waals surface area contributed by atoms with Crippen LogP contribution in [0, 0.1) is 0 Å². The van der Waals surface area contributed by atoms with Gasteiger partial charge in [0.25, 0.3) is 0 Å². The maximum Gasteiger partial charge on any atom is 0.335 e.